The lowest BCUT2D eigenvalue weighted by Crippen LogP contribution is -2.01. The van der Waals surface area contributed by atoms with E-state index in [2.05, 4.69) is 18.2 Å². The summed E-state index contributed by atoms with van der Waals surface area (Å²) in [5.74, 6) is 0. The SMILES string of the molecule is OC(Cc1cccc2ccccc12)c1ccoc1Cl. The van der Waals surface area contributed by atoms with Gasteiger partial charge in [0.2, 0.25) is 0 Å². The Labute approximate surface area is 116 Å². The lowest BCUT2D eigenvalue weighted by Gasteiger charge is -2.11. The Balaban J connectivity index is 1.96. The second kappa shape index (κ2) is 5.08. The third-order valence-electron chi connectivity index (χ3n) is 3.30. The summed E-state index contributed by atoms with van der Waals surface area (Å²) in [7, 11) is 0. The summed E-state index contributed by atoms with van der Waals surface area (Å²) >= 11 is 5.89. The van der Waals surface area contributed by atoms with E-state index in [1.807, 2.05) is 24.3 Å². The Morgan fingerprint density at radius 2 is 1.84 bits per heavy atom. The third kappa shape index (κ3) is 2.37. The smallest absolute Gasteiger partial charge is 0.198 e. The molecule has 1 unspecified atom stereocenters. The van der Waals surface area contributed by atoms with Crippen molar-refractivity contribution < 1.29 is 9.52 Å². The predicted octanol–water partition coefficient (Wildman–Crippen LogP) is 4.36. The van der Waals surface area contributed by atoms with Crippen LogP contribution in [0.25, 0.3) is 10.8 Å². The maximum atomic E-state index is 10.3. The number of fused-ring (bicyclic) bond motifs is 1. The minimum atomic E-state index is -0.656. The normalized spacial score (nSPS) is 12.7. The van der Waals surface area contributed by atoms with Crippen LogP contribution in [0.2, 0.25) is 5.22 Å². The summed E-state index contributed by atoms with van der Waals surface area (Å²) < 4.78 is 5.02. The van der Waals surface area contributed by atoms with E-state index in [1.165, 1.54) is 11.6 Å². The molecule has 1 atom stereocenters. The van der Waals surface area contributed by atoms with Crippen molar-refractivity contribution in [3.63, 3.8) is 0 Å². The predicted molar refractivity (Wildman–Crippen MR) is 76.3 cm³/mol. The molecule has 1 aromatic heterocycles. The van der Waals surface area contributed by atoms with Crippen LogP contribution < -0.4 is 0 Å². The van der Waals surface area contributed by atoms with Gasteiger partial charge in [-0.05, 0) is 34.0 Å². The largest absolute Gasteiger partial charge is 0.453 e. The summed E-state index contributed by atoms with van der Waals surface area (Å²) in [6.07, 6.45) is 1.35. The van der Waals surface area contributed by atoms with Crippen LogP contribution in [0, 0.1) is 0 Å². The highest BCUT2D eigenvalue weighted by Crippen LogP contribution is 2.29. The van der Waals surface area contributed by atoms with E-state index < -0.39 is 6.10 Å². The second-order valence-corrected chi connectivity index (χ2v) is 4.85. The average molecular weight is 273 g/mol. The van der Waals surface area contributed by atoms with E-state index in [4.69, 9.17) is 16.0 Å². The Bertz CT molecular complexity index is 697. The number of hydrogen-bond acceptors (Lipinski definition) is 2. The van der Waals surface area contributed by atoms with Gasteiger partial charge in [-0.1, -0.05) is 42.5 Å². The Morgan fingerprint density at radius 1 is 1.05 bits per heavy atom. The standard InChI is InChI=1S/C16H13ClO2/c17-16-14(8-9-19-16)15(18)10-12-6-3-5-11-4-1-2-7-13(11)12/h1-9,15,18H,10H2. The van der Waals surface area contributed by atoms with Gasteiger partial charge in [-0.3, -0.25) is 0 Å². The van der Waals surface area contributed by atoms with Crippen molar-refractivity contribution in [3.8, 4) is 0 Å². The zero-order valence-electron chi connectivity index (χ0n) is 10.2. The highest BCUT2D eigenvalue weighted by molar-refractivity contribution is 6.29. The van der Waals surface area contributed by atoms with Crippen molar-refractivity contribution in [3.05, 3.63) is 71.1 Å². The average Bonchev–Trinajstić information content (AvgIpc) is 2.85. The zero-order valence-corrected chi connectivity index (χ0v) is 11.0. The lowest BCUT2D eigenvalue weighted by molar-refractivity contribution is 0.178. The molecule has 0 saturated heterocycles. The highest BCUT2D eigenvalue weighted by Gasteiger charge is 2.15. The molecule has 2 nitrogen and oxygen atoms in total. The van der Waals surface area contributed by atoms with Gasteiger partial charge in [0.1, 0.15) is 0 Å². The second-order valence-electron chi connectivity index (χ2n) is 4.51. The van der Waals surface area contributed by atoms with Crippen LogP contribution >= 0.6 is 11.6 Å². The van der Waals surface area contributed by atoms with Gasteiger partial charge in [-0.15, -0.1) is 0 Å². The van der Waals surface area contributed by atoms with E-state index in [0.717, 1.165) is 10.9 Å². The summed E-state index contributed by atoms with van der Waals surface area (Å²) in [5.41, 5.74) is 1.73. The maximum absolute atomic E-state index is 10.3. The molecule has 0 aliphatic carbocycles. The van der Waals surface area contributed by atoms with Crippen molar-refractivity contribution in [1.29, 1.82) is 0 Å². The molecule has 0 aliphatic rings. The number of halogens is 1. The van der Waals surface area contributed by atoms with Crippen LogP contribution in [0.3, 0.4) is 0 Å². The lowest BCUT2D eigenvalue weighted by atomic mass is 9.98. The van der Waals surface area contributed by atoms with E-state index in [9.17, 15) is 5.11 Å². The molecule has 0 spiro atoms. The van der Waals surface area contributed by atoms with Gasteiger partial charge in [0.05, 0.1) is 12.4 Å². The fourth-order valence-electron chi connectivity index (χ4n) is 2.33. The van der Waals surface area contributed by atoms with Gasteiger partial charge >= 0.3 is 0 Å². The fraction of sp³-hybridized carbons (Fsp3) is 0.125. The molecule has 1 heterocycles. The minimum absolute atomic E-state index is 0.257. The highest BCUT2D eigenvalue weighted by atomic mass is 35.5. The molecule has 3 rings (SSSR count). The topological polar surface area (TPSA) is 33.4 Å². The summed E-state index contributed by atoms with van der Waals surface area (Å²) in [4.78, 5) is 0. The summed E-state index contributed by atoms with van der Waals surface area (Å²) in [6.45, 7) is 0. The van der Waals surface area contributed by atoms with Crippen LogP contribution in [0.15, 0.2) is 59.2 Å². The Morgan fingerprint density at radius 3 is 2.63 bits per heavy atom. The molecule has 0 bridgehead atoms. The monoisotopic (exact) mass is 272 g/mol. The summed E-state index contributed by atoms with van der Waals surface area (Å²) in [6, 6.07) is 15.9. The summed E-state index contributed by atoms with van der Waals surface area (Å²) in [5, 5.41) is 12.8. The van der Waals surface area contributed by atoms with Crippen LogP contribution in [-0.2, 0) is 6.42 Å². The first-order chi connectivity index (χ1) is 9.25. The molecule has 2 aromatic carbocycles. The van der Waals surface area contributed by atoms with Crippen LogP contribution in [0.1, 0.15) is 17.2 Å². The van der Waals surface area contributed by atoms with Crippen molar-refractivity contribution in [2.75, 3.05) is 0 Å². The number of rotatable bonds is 3. The van der Waals surface area contributed by atoms with Crippen molar-refractivity contribution >= 4 is 22.4 Å². The van der Waals surface area contributed by atoms with E-state index in [1.54, 1.807) is 6.07 Å². The van der Waals surface area contributed by atoms with Gasteiger partial charge in [0, 0.05) is 12.0 Å². The number of benzene rings is 2. The van der Waals surface area contributed by atoms with Gasteiger partial charge < -0.3 is 9.52 Å². The van der Waals surface area contributed by atoms with Gasteiger partial charge in [-0.25, -0.2) is 0 Å². The minimum Gasteiger partial charge on any atom is -0.453 e. The fourth-order valence-corrected chi connectivity index (χ4v) is 2.57. The van der Waals surface area contributed by atoms with Gasteiger partial charge in [-0.2, -0.15) is 0 Å². The Hall–Kier alpha value is -1.77. The molecule has 0 aliphatic heterocycles. The quantitative estimate of drug-likeness (QED) is 0.768. The molecule has 0 amide bonds. The molecule has 19 heavy (non-hydrogen) atoms. The van der Waals surface area contributed by atoms with Crippen LogP contribution in [-0.4, -0.2) is 5.11 Å². The molecule has 96 valence electrons. The van der Waals surface area contributed by atoms with E-state index >= 15 is 0 Å². The number of hydrogen-bond donors (Lipinski definition) is 1. The third-order valence-corrected chi connectivity index (χ3v) is 3.61. The molecular weight excluding hydrogens is 260 g/mol. The molecule has 3 heteroatoms. The molecule has 0 fully saturated rings. The van der Waals surface area contributed by atoms with Gasteiger partial charge in [0.15, 0.2) is 5.22 Å². The number of aliphatic hydroxyl groups excluding tert-OH is 1. The van der Waals surface area contributed by atoms with Crippen LogP contribution in [0.5, 0.6) is 0 Å². The first-order valence-electron chi connectivity index (χ1n) is 6.13. The molecule has 0 radical (unpaired) electrons. The zero-order chi connectivity index (χ0) is 13.2. The van der Waals surface area contributed by atoms with E-state index in [-0.39, 0.29) is 5.22 Å². The van der Waals surface area contributed by atoms with Crippen molar-refractivity contribution in [1.82, 2.24) is 0 Å². The van der Waals surface area contributed by atoms with E-state index in [0.29, 0.717) is 12.0 Å². The molecule has 0 saturated carbocycles. The van der Waals surface area contributed by atoms with Crippen molar-refractivity contribution in [2.45, 2.75) is 12.5 Å². The van der Waals surface area contributed by atoms with Crippen LogP contribution in [0.4, 0.5) is 0 Å². The molecule has 1 N–H and O–H groups in total. The molecule has 3 aromatic rings. The van der Waals surface area contributed by atoms with Crippen molar-refractivity contribution in [2.24, 2.45) is 0 Å². The first kappa shape index (κ1) is 12.3. The first-order valence-corrected chi connectivity index (χ1v) is 6.51. The van der Waals surface area contributed by atoms with Gasteiger partial charge in [0.25, 0.3) is 0 Å². The number of furan rings is 1. The Kier molecular flexibility index (Phi) is 3.28. The maximum Gasteiger partial charge on any atom is 0.198 e. The molecular formula is C16H13ClO2. The number of aliphatic hydroxyl groups is 1.